The van der Waals surface area contributed by atoms with E-state index in [9.17, 15) is 4.79 Å². The fraction of sp³-hybridized carbons (Fsp3) is 0.300. The first-order valence-corrected chi connectivity index (χ1v) is 8.20. The van der Waals surface area contributed by atoms with Crippen LogP contribution in [0.1, 0.15) is 52.5 Å². The Morgan fingerprint density at radius 3 is 2.83 bits per heavy atom. The summed E-state index contributed by atoms with van der Waals surface area (Å²) in [5.74, 6) is -0.0768. The van der Waals surface area contributed by atoms with Crippen molar-refractivity contribution in [1.82, 2.24) is 4.98 Å². The molecule has 118 valence electrons. The van der Waals surface area contributed by atoms with Crippen molar-refractivity contribution in [3.63, 3.8) is 0 Å². The summed E-state index contributed by atoms with van der Waals surface area (Å²) in [6, 6.07) is 7.95. The Labute approximate surface area is 137 Å². The van der Waals surface area contributed by atoms with E-state index in [-0.39, 0.29) is 5.91 Å². The molecular weight excluding hydrogens is 284 g/mol. The highest BCUT2D eigenvalue weighted by Gasteiger charge is 2.13. The number of pyridine rings is 1. The lowest BCUT2D eigenvalue weighted by Crippen LogP contribution is -2.15. The van der Waals surface area contributed by atoms with Crippen molar-refractivity contribution >= 4 is 17.7 Å². The molecular formula is C20H22N2O. The van der Waals surface area contributed by atoms with Crippen LogP contribution in [0.15, 0.2) is 36.5 Å². The zero-order chi connectivity index (χ0) is 16.2. The van der Waals surface area contributed by atoms with Crippen LogP contribution in [0, 0.1) is 6.92 Å². The molecule has 23 heavy (non-hydrogen) atoms. The number of carbonyl (C=O) groups excluding carboxylic acids is 1. The summed E-state index contributed by atoms with van der Waals surface area (Å²) in [5.41, 5.74) is 6.03. The molecule has 0 saturated carbocycles. The molecule has 3 rings (SSSR count). The molecule has 0 saturated heterocycles. The van der Waals surface area contributed by atoms with Gasteiger partial charge in [-0.15, -0.1) is 0 Å². The number of amides is 1. The number of rotatable bonds is 3. The number of aromatic nitrogens is 1. The SMILES string of the molecule is C/C=C/c1ccc(C(=O)Nc2cnc3c(c2)CCCC3)c(C)c1. The van der Waals surface area contributed by atoms with Crippen molar-refractivity contribution < 1.29 is 4.79 Å². The van der Waals surface area contributed by atoms with E-state index in [4.69, 9.17) is 0 Å². The van der Waals surface area contributed by atoms with Crippen LogP contribution in [0.5, 0.6) is 0 Å². The average Bonchev–Trinajstić information content (AvgIpc) is 2.55. The van der Waals surface area contributed by atoms with Gasteiger partial charge < -0.3 is 5.32 Å². The van der Waals surface area contributed by atoms with Crippen molar-refractivity contribution in [3.05, 3.63) is 64.5 Å². The van der Waals surface area contributed by atoms with Gasteiger partial charge in [-0.1, -0.05) is 24.3 Å². The summed E-state index contributed by atoms with van der Waals surface area (Å²) in [6.07, 6.45) is 10.3. The molecule has 0 radical (unpaired) electrons. The van der Waals surface area contributed by atoms with E-state index in [2.05, 4.69) is 16.4 Å². The third-order valence-electron chi connectivity index (χ3n) is 4.28. The summed E-state index contributed by atoms with van der Waals surface area (Å²) in [4.78, 5) is 17.0. The minimum absolute atomic E-state index is 0.0768. The second-order valence-electron chi connectivity index (χ2n) is 6.07. The molecule has 1 aliphatic rings. The second kappa shape index (κ2) is 6.78. The van der Waals surface area contributed by atoms with E-state index >= 15 is 0 Å². The summed E-state index contributed by atoms with van der Waals surface area (Å²) in [7, 11) is 0. The van der Waals surface area contributed by atoms with Crippen molar-refractivity contribution in [3.8, 4) is 0 Å². The lowest BCUT2D eigenvalue weighted by atomic mass is 9.96. The zero-order valence-corrected chi connectivity index (χ0v) is 13.7. The number of hydrogen-bond acceptors (Lipinski definition) is 2. The number of benzene rings is 1. The number of nitrogens with one attached hydrogen (secondary N) is 1. The highest BCUT2D eigenvalue weighted by Crippen LogP contribution is 2.22. The molecule has 1 heterocycles. The van der Waals surface area contributed by atoms with Crippen LogP contribution in [0.25, 0.3) is 6.08 Å². The van der Waals surface area contributed by atoms with Gasteiger partial charge in [0.25, 0.3) is 5.91 Å². The quantitative estimate of drug-likeness (QED) is 0.903. The number of nitrogens with zero attached hydrogens (tertiary/aromatic N) is 1. The minimum atomic E-state index is -0.0768. The summed E-state index contributed by atoms with van der Waals surface area (Å²) in [6.45, 7) is 3.95. The maximum atomic E-state index is 12.5. The zero-order valence-electron chi connectivity index (χ0n) is 13.7. The van der Waals surface area contributed by atoms with Crippen molar-refractivity contribution in [2.24, 2.45) is 0 Å². The van der Waals surface area contributed by atoms with Gasteiger partial charge in [-0.2, -0.15) is 0 Å². The molecule has 1 aromatic carbocycles. The number of allylic oxidation sites excluding steroid dienone is 1. The molecule has 3 nitrogen and oxygen atoms in total. The normalized spacial score (nSPS) is 13.8. The van der Waals surface area contributed by atoms with Gasteiger partial charge in [0.2, 0.25) is 0 Å². The van der Waals surface area contributed by atoms with Gasteiger partial charge in [0, 0.05) is 11.3 Å². The first kappa shape index (κ1) is 15.5. The molecule has 0 spiro atoms. The molecule has 1 N–H and O–H groups in total. The molecule has 0 unspecified atom stereocenters. The van der Waals surface area contributed by atoms with E-state index in [1.807, 2.05) is 44.2 Å². The molecule has 1 aromatic heterocycles. The third kappa shape index (κ3) is 3.50. The first-order valence-electron chi connectivity index (χ1n) is 8.20. The van der Waals surface area contributed by atoms with Crippen molar-refractivity contribution in [2.75, 3.05) is 5.32 Å². The van der Waals surface area contributed by atoms with Crippen LogP contribution in [-0.2, 0) is 12.8 Å². The molecule has 0 fully saturated rings. The Kier molecular flexibility index (Phi) is 4.56. The van der Waals surface area contributed by atoms with Crippen LogP contribution >= 0.6 is 0 Å². The van der Waals surface area contributed by atoms with Gasteiger partial charge in [-0.3, -0.25) is 9.78 Å². The predicted molar refractivity (Wildman–Crippen MR) is 94.7 cm³/mol. The Morgan fingerprint density at radius 1 is 1.22 bits per heavy atom. The first-order chi connectivity index (χ1) is 11.2. The van der Waals surface area contributed by atoms with Crippen molar-refractivity contribution in [2.45, 2.75) is 39.5 Å². The highest BCUT2D eigenvalue weighted by atomic mass is 16.1. The number of anilines is 1. The van der Waals surface area contributed by atoms with Gasteiger partial charge >= 0.3 is 0 Å². The van der Waals surface area contributed by atoms with Crippen LogP contribution < -0.4 is 5.32 Å². The highest BCUT2D eigenvalue weighted by molar-refractivity contribution is 6.05. The smallest absolute Gasteiger partial charge is 0.255 e. The van der Waals surface area contributed by atoms with E-state index in [0.29, 0.717) is 5.56 Å². The largest absolute Gasteiger partial charge is 0.321 e. The molecule has 0 atom stereocenters. The van der Waals surface area contributed by atoms with E-state index < -0.39 is 0 Å². The molecule has 3 heteroatoms. The van der Waals surface area contributed by atoms with E-state index in [1.165, 1.54) is 24.1 Å². The van der Waals surface area contributed by atoms with Crippen LogP contribution in [0.3, 0.4) is 0 Å². The number of fused-ring (bicyclic) bond motifs is 1. The Morgan fingerprint density at radius 2 is 2.04 bits per heavy atom. The van der Waals surface area contributed by atoms with Crippen molar-refractivity contribution in [1.29, 1.82) is 0 Å². The molecule has 0 aliphatic heterocycles. The summed E-state index contributed by atoms with van der Waals surface area (Å²) >= 11 is 0. The van der Waals surface area contributed by atoms with Gasteiger partial charge in [-0.25, -0.2) is 0 Å². The number of aryl methyl sites for hydroxylation is 3. The lowest BCUT2D eigenvalue weighted by Gasteiger charge is -2.16. The van der Waals surface area contributed by atoms with Gasteiger partial charge in [0.1, 0.15) is 0 Å². The van der Waals surface area contributed by atoms with Crippen LogP contribution in [0.2, 0.25) is 0 Å². The minimum Gasteiger partial charge on any atom is -0.321 e. The summed E-state index contributed by atoms with van der Waals surface area (Å²) in [5, 5.41) is 2.98. The van der Waals surface area contributed by atoms with E-state index in [0.717, 1.165) is 29.7 Å². The Bertz CT molecular complexity index is 762. The molecule has 1 aliphatic carbocycles. The fourth-order valence-electron chi connectivity index (χ4n) is 3.09. The summed E-state index contributed by atoms with van der Waals surface area (Å²) < 4.78 is 0. The maximum absolute atomic E-state index is 12.5. The van der Waals surface area contributed by atoms with Crippen LogP contribution in [-0.4, -0.2) is 10.9 Å². The standard InChI is InChI=1S/C20H22N2O/c1-3-6-15-9-10-18(14(2)11-15)20(23)22-17-12-16-7-4-5-8-19(16)21-13-17/h3,6,9-13H,4-5,7-8H2,1-2H3,(H,22,23)/b6-3+. The lowest BCUT2D eigenvalue weighted by molar-refractivity contribution is 0.102. The maximum Gasteiger partial charge on any atom is 0.255 e. The van der Waals surface area contributed by atoms with Crippen LogP contribution in [0.4, 0.5) is 5.69 Å². The Balaban J connectivity index is 1.79. The molecule has 2 aromatic rings. The average molecular weight is 306 g/mol. The van der Waals surface area contributed by atoms with Gasteiger partial charge in [0.15, 0.2) is 0 Å². The molecule has 1 amide bonds. The topological polar surface area (TPSA) is 42.0 Å². The number of hydrogen-bond donors (Lipinski definition) is 1. The van der Waals surface area contributed by atoms with Gasteiger partial charge in [-0.05, 0) is 68.4 Å². The van der Waals surface area contributed by atoms with Gasteiger partial charge in [0.05, 0.1) is 11.9 Å². The molecule has 0 bridgehead atoms. The Hall–Kier alpha value is -2.42. The fourth-order valence-corrected chi connectivity index (χ4v) is 3.09. The second-order valence-corrected chi connectivity index (χ2v) is 6.07. The van der Waals surface area contributed by atoms with E-state index in [1.54, 1.807) is 6.20 Å². The predicted octanol–water partition coefficient (Wildman–Crippen LogP) is 4.55. The monoisotopic (exact) mass is 306 g/mol. The number of carbonyl (C=O) groups is 1. The third-order valence-corrected chi connectivity index (χ3v) is 4.28.